The molecule has 0 aromatic heterocycles. The average molecular weight is 471 g/mol. The lowest BCUT2D eigenvalue weighted by Crippen LogP contribution is -2.56. The predicted octanol–water partition coefficient (Wildman–Crippen LogP) is 1.60. The zero-order valence-electron chi connectivity index (χ0n) is 18.0. The maximum absolute atomic E-state index is 12.4. The molecule has 1 saturated heterocycles. The molecule has 10 heteroatoms. The van der Waals surface area contributed by atoms with Gasteiger partial charge in [-0.15, -0.1) is 11.8 Å². The minimum absolute atomic E-state index is 0.124. The van der Waals surface area contributed by atoms with Crippen LogP contribution in [0.5, 0.6) is 11.5 Å². The Labute approximate surface area is 196 Å². The first-order valence-corrected chi connectivity index (χ1v) is 11.8. The van der Waals surface area contributed by atoms with Crippen molar-refractivity contribution < 1.29 is 23.9 Å². The van der Waals surface area contributed by atoms with Gasteiger partial charge < -0.3 is 25.4 Å². The molecule has 33 heavy (non-hydrogen) atoms. The van der Waals surface area contributed by atoms with E-state index in [1.165, 1.54) is 11.8 Å². The van der Waals surface area contributed by atoms with Gasteiger partial charge in [0.15, 0.2) is 11.5 Å². The van der Waals surface area contributed by atoms with Gasteiger partial charge in [-0.1, -0.05) is 30.3 Å². The number of hydrogen-bond donors (Lipinski definition) is 4. The Morgan fingerprint density at radius 1 is 1.03 bits per heavy atom. The lowest BCUT2D eigenvalue weighted by atomic mass is 10.1. The Bertz CT molecular complexity index is 1000. The zero-order chi connectivity index (χ0) is 23.0. The lowest BCUT2D eigenvalue weighted by Gasteiger charge is -2.30. The van der Waals surface area contributed by atoms with Crippen LogP contribution >= 0.6 is 11.8 Å². The van der Waals surface area contributed by atoms with Crippen LogP contribution in [-0.2, 0) is 20.9 Å². The summed E-state index contributed by atoms with van der Waals surface area (Å²) >= 11 is 1.26. The molecule has 2 unspecified atom stereocenters. The van der Waals surface area contributed by atoms with Gasteiger partial charge >= 0.3 is 0 Å². The largest absolute Gasteiger partial charge is 0.486 e. The highest BCUT2D eigenvalue weighted by molar-refractivity contribution is 8.00. The molecule has 2 heterocycles. The van der Waals surface area contributed by atoms with Crippen LogP contribution < -0.4 is 30.7 Å². The van der Waals surface area contributed by atoms with Gasteiger partial charge in [-0.2, -0.15) is 0 Å². The molecule has 2 aliphatic rings. The minimum atomic E-state index is -0.454. The van der Waals surface area contributed by atoms with Gasteiger partial charge in [0.2, 0.25) is 17.7 Å². The minimum Gasteiger partial charge on any atom is -0.486 e. The summed E-state index contributed by atoms with van der Waals surface area (Å²) in [6, 6.07) is 14.6. The smallest absolute Gasteiger partial charge is 0.234 e. The van der Waals surface area contributed by atoms with E-state index in [1.54, 1.807) is 18.2 Å². The number of fused-ring (bicyclic) bond motifs is 1. The Balaban J connectivity index is 1.21. The van der Waals surface area contributed by atoms with Crippen molar-refractivity contribution >= 4 is 35.2 Å². The van der Waals surface area contributed by atoms with E-state index in [-0.39, 0.29) is 42.4 Å². The lowest BCUT2D eigenvalue weighted by molar-refractivity contribution is -0.125. The molecule has 2 aromatic rings. The van der Waals surface area contributed by atoms with E-state index in [0.29, 0.717) is 36.9 Å². The fraction of sp³-hybridized carbons (Fsp3) is 0.348. The monoisotopic (exact) mass is 470 g/mol. The number of benzene rings is 2. The van der Waals surface area contributed by atoms with Gasteiger partial charge in [-0.05, 0) is 17.7 Å². The Morgan fingerprint density at radius 3 is 2.64 bits per heavy atom. The third kappa shape index (κ3) is 6.87. The highest BCUT2D eigenvalue weighted by Gasteiger charge is 2.28. The van der Waals surface area contributed by atoms with E-state index < -0.39 is 5.50 Å². The standard InChI is InChI=1S/C23H26N4O5S/c28-20(24-13-15-4-2-1-3-5-15)11-17-12-21(29)27-23(26-17)33-14-22(30)25-16-6-7-18-19(10-16)32-9-8-31-18/h1-7,10,17,23,26H,8-9,11-14H2,(H,24,28)(H,25,30)(H,27,29). The average Bonchev–Trinajstić information content (AvgIpc) is 2.82. The molecule has 0 aliphatic carbocycles. The summed E-state index contributed by atoms with van der Waals surface area (Å²) in [6.07, 6.45) is 0.389. The molecule has 2 atom stereocenters. The van der Waals surface area contributed by atoms with Gasteiger partial charge in [0.1, 0.15) is 18.7 Å². The van der Waals surface area contributed by atoms with Crippen LogP contribution in [0.25, 0.3) is 0 Å². The quantitative estimate of drug-likeness (QED) is 0.463. The van der Waals surface area contributed by atoms with E-state index in [1.807, 2.05) is 30.3 Å². The molecular weight excluding hydrogens is 444 g/mol. The maximum atomic E-state index is 12.4. The zero-order valence-corrected chi connectivity index (χ0v) is 18.8. The number of nitrogens with one attached hydrogen (secondary N) is 4. The van der Waals surface area contributed by atoms with Gasteiger partial charge in [0.25, 0.3) is 0 Å². The van der Waals surface area contributed by atoms with Crippen molar-refractivity contribution in [3.05, 3.63) is 54.1 Å². The van der Waals surface area contributed by atoms with Crippen LogP contribution in [0.4, 0.5) is 5.69 Å². The van der Waals surface area contributed by atoms with Crippen molar-refractivity contribution in [2.45, 2.75) is 30.9 Å². The number of carbonyl (C=O) groups is 3. The van der Waals surface area contributed by atoms with Crippen molar-refractivity contribution in [3.8, 4) is 11.5 Å². The fourth-order valence-electron chi connectivity index (χ4n) is 3.53. The van der Waals surface area contributed by atoms with Crippen molar-refractivity contribution in [3.63, 3.8) is 0 Å². The molecule has 3 amide bonds. The number of thioether (sulfide) groups is 1. The molecule has 4 N–H and O–H groups in total. The van der Waals surface area contributed by atoms with Gasteiger partial charge in [-0.3, -0.25) is 19.7 Å². The molecule has 4 rings (SSSR count). The molecule has 0 bridgehead atoms. The Morgan fingerprint density at radius 2 is 1.82 bits per heavy atom. The molecule has 1 fully saturated rings. The second-order valence-electron chi connectivity index (χ2n) is 7.70. The fourth-order valence-corrected chi connectivity index (χ4v) is 4.43. The number of rotatable bonds is 8. The summed E-state index contributed by atoms with van der Waals surface area (Å²) in [6.45, 7) is 1.42. The van der Waals surface area contributed by atoms with Crippen LogP contribution in [0, 0.1) is 0 Å². The van der Waals surface area contributed by atoms with Crippen molar-refractivity contribution in [2.24, 2.45) is 0 Å². The highest BCUT2D eigenvalue weighted by Crippen LogP contribution is 2.32. The van der Waals surface area contributed by atoms with Crippen molar-refractivity contribution in [2.75, 3.05) is 24.3 Å². The van der Waals surface area contributed by atoms with E-state index in [4.69, 9.17) is 9.47 Å². The van der Waals surface area contributed by atoms with E-state index in [9.17, 15) is 14.4 Å². The second-order valence-corrected chi connectivity index (χ2v) is 8.79. The maximum Gasteiger partial charge on any atom is 0.234 e. The molecule has 2 aliphatic heterocycles. The van der Waals surface area contributed by atoms with Crippen LogP contribution in [0.3, 0.4) is 0 Å². The summed E-state index contributed by atoms with van der Waals surface area (Å²) in [7, 11) is 0. The first-order valence-electron chi connectivity index (χ1n) is 10.7. The molecule has 0 spiro atoms. The van der Waals surface area contributed by atoms with Crippen LogP contribution in [0.15, 0.2) is 48.5 Å². The third-order valence-corrected chi connectivity index (χ3v) is 6.10. The molecule has 9 nitrogen and oxygen atoms in total. The van der Waals surface area contributed by atoms with Gasteiger partial charge in [0.05, 0.1) is 5.75 Å². The summed E-state index contributed by atoms with van der Waals surface area (Å²) in [5.74, 6) is 0.878. The number of hydrogen-bond acceptors (Lipinski definition) is 7. The highest BCUT2D eigenvalue weighted by atomic mass is 32.2. The Hall–Kier alpha value is -3.24. The van der Waals surface area contributed by atoms with Crippen molar-refractivity contribution in [1.29, 1.82) is 0 Å². The Kier molecular flexibility index (Phi) is 7.69. The first kappa shape index (κ1) is 22.9. The van der Waals surface area contributed by atoms with E-state index in [2.05, 4.69) is 21.3 Å². The van der Waals surface area contributed by atoms with Gasteiger partial charge in [-0.25, -0.2) is 0 Å². The molecule has 0 saturated carbocycles. The summed E-state index contributed by atoms with van der Waals surface area (Å²) in [5, 5.41) is 11.7. The number of amides is 3. The third-order valence-electron chi connectivity index (χ3n) is 5.08. The van der Waals surface area contributed by atoms with Crippen LogP contribution in [0.1, 0.15) is 18.4 Å². The van der Waals surface area contributed by atoms with Crippen molar-refractivity contribution in [1.82, 2.24) is 16.0 Å². The number of ether oxygens (including phenoxy) is 2. The summed E-state index contributed by atoms with van der Waals surface area (Å²) in [4.78, 5) is 36.8. The molecule has 0 radical (unpaired) electrons. The second kappa shape index (κ2) is 11.1. The van der Waals surface area contributed by atoms with E-state index >= 15 is 0 Å². The summed E-state index contributed by atoms with van der Waals surface area (Å²) < 4.78 is 11.0. The van der Waals surface area contributed by atoms with E-state index in [0.717, 1.165) is 5.56 Å². The molecular formula is C23H26N4O5S. The van der Waals surface area contributed by atoms with Crippen LogP contribution in [0.2, 0.25) is 0 Å². The predicted molar refractivity (Wildman–Crippen MR) is 125 cm³/mol. The first-order chi connectivity index (χ1) is 16.0. The molecule has 174 valence electrons. The van der Waals surface area contributed by atoms with Gasteiger partial charge in [0, 0.05) is 37.2 Å². The molecule has 2 aromatic carbocycles. The SMILES string of the molecule is O=C(CC1CC(=O)NC(SCC(=O)Nc2ccc3c(c2)OCCO3)N1)NCc1ccccc1. The summed E-state index contributed by atoms with van der Waals surface area (Å²) in [5.41, 5.74) is 1.17. The van der Waals surface area contributed by atoms with Crippen LogP contribution in [-0.4, -0.2) is 48.2 Å². The number of anilines is 1. The topological polar surface area (TPSA) is 118 Å². The number of carbonyl (C=O) groups excluding carboxylic acids is 3. The normalized spacial score (nSPS) is 19.3.